The molecule has 2 aliphatic rings. The molecule has 32 heavy (non-hydrogen) atoms. The number of aryl methyl sites for hydroxylation is 2. The van der Waals surface area contributed by atoms with Gasteiger partial charge in [-0.25, -0.2) is 9.67 Å². The van der Waals surface area contributed by atoms with Gasteiger partial charge in [0.15, 0.2) is 5.82 Å². The second kappa shape index (κ2) is 7.73. The second-order valence-corrected chi connectivity index (χ2v) is 10.9. The maximum absolute atomic E-state index is 9.09. The summed E-state index contributed by atoms with van der Waals surface area (Å²) in [4.78, 5) is 7.27. The Kier molecular flexibility index (Phi) is 4.99. The summed E-state index contributed by atoms with van der Waals surface area (Å²) in [5.74, 6) is 0.896. The number of benzene rings is 2. The van der Waals surface area contributed by atoms with E-state index in [0.29, 0.717) is 13.0 Å². The van der Waals surface area contributed by atoms with Crippen LogP contribution >= 0.6 is 7.92 Å². The van der Waals surface area contributed by atoms with Crippen molar-refractivity contribution in [1.82, 2.24) is 9.78 Å². The Morgan fingerprint density at radius 3 is 2.50 bits per heavy atom. The van der Waals surface area contributed by atoms with E-state index in [1.54, 1.807) is 0 Å². The number of anilines is 1. The Morgan fingerprint density at radius 1 is 1.06 bits per heavy atom. The van der Waals surface area contributed by atoms with Gasteiger partial charge in [0.05, 0.1) is 30.0 Å². The Hall–Kier alpha value is -3.22. The van der Waals surface area contributed by atoms with E-state index >= 15 is 0 Å². The Labute approximate surface area is 190 Å². The first-order valence-electron chi connectivity index (χ1n) is 10.9. The van der Waals surface area contributed by atoms with E-state index in [2.05, 4.69) is 99.6 Å². The Bertz CT molecular complexity index is 1290. The van der Waals surface area contributed by atoms with E-state index in [9.17, 15) is 0 Å². The minimum absolute atomic E-state index is 0.135. The van der Waals surface area contributed by atoms with Crippen molar-refractivity contribution in [2.24, 2.45) is 4.99 Å². The highest BCUT2D eigenvalue weighted by Crippen LogP contribution is 2.56. The van der Waals surface area contributed by atoms with Crippen LogP contribution in [0.25, 0.3) is 0 Å². The molecule has 0 amide bonds. The lowest BCUT2D eigenvalue weighted by atomic mass is 9.84. The topological polar surface area (TPSA) is 57.2 Å². The van der Waals surface area contributed by atoms with Crippen molar-refractivity contribution in [2.75, 3.05) is 11.9 Å². The van der Waals surface area contributed by atoms with Crippen LogP contribution in [0.5, 0.6) is 0 Å². The smallest absolute Gasteiger partial charge is 0.159 e. The summed E-state index contributed by atoms with van der Waals surface area (Å²) in [6.07, 6.45) is 2.48. The van der Waals surface area contributed by atoms with Crippen LogP contribution in [0, 0.1) is 18.3 Å². The number of para-hydroxylation sites is 1. The second-order valence-electron chi connectivity index (χ2n) is 8.75. The summed E-state index contributed by atoms with van der Waals surface area (Å²) in [6.45, 7) is 7.25. The number of hydrogen-bond acceptors (Lipinski definition) is 4. The SMILES string of the molecule is Cc1nn(CCC#N)c2c1P(c1ccccc1)/C(=C1/N(C)c3ccccc3C1(C)C)C=N2. The summed E-state index contributed by atoms with van der Waals surface area (Å²) in [5.41, 5.74) is 4.76. The van der Waals surface area contributed by atoms with Crippen LogP contribution < -0.4 is 15.5 Å². The minimum Gasteiger partial charge on any atom is -0.346 e. The van der Waals surface area contributed by atoms with Gasteiger partial charge in [-0.2, -0.15) is 10.4 Å². The van der Waals surface area contributed by atoms with Gasteiger partial charge in [-0.1, -0.05) is 62.4 Å². The third kappa shape index (κ3) is 3.02. The minimum atomic E-state index is -0.837. The third-order valence-corrected chi connectivity index (χ3v) is 9.00. The van der Waals surface area contributed by atoms with E-state index in [-0.39, 0.29) is 5.41 Å². The zero-order chi connectivity index (χ0) is 22.5. The highest BCUT2D eigenvalue weighted by Gasteiger charge is 2.43. The average molecular weight is 440 g/mol. The van der Waals surface area contributed by atoms with E-state index < -0.39 is 7.92 Å². The molecule has 1 atom stereocenters. The highest BCUT2D eigenvalue weighted by atomic mass is 31.1. The number of aliphatic imine (C=N–C) groups is 1. The van der Waals surface area contributed by atoms with Crippen LogP contribution in [0.15, 0.2) is 70.6 Å². The first kappa shape index (κ1) is 20.7. The number of allylic oxidation sites excluding steroid dienone is 2. The summed E-state index contributed by atoms with van der Waals surface area (Å²) in [7, 11) is 1.33. The molecule has 0 saturated carbocycles. The fraction of sp³-hybridized carbons (Fsp3) is 0.269. The fourth-order valence-corrected chi connectivity index (χ4v) is 7.83. The molecular formula is C26H26N5P. The number of nitrogens with zero attached hydrogens (tertiary/aromatic N) is 5. The van der Waals surface area contributed by atoms with Crippen LogP contribution in [0.4, 0.5) is 11.5 Å². The fourth-order valence-electron chi connectivity index (χ4n) is 5.03. The lowest BCUT2D eigenvalue weighted by Gasteiger charge is -2.32. The first-order valence-corrected chi connectivity index (χ1v) is 12.2. The Balaban J connectivity index is 1.77. The molecule has 3 heterocycles. The van der Waals surface area contributed by atoms with Crippen molar-refractivity contribution in [1.29, 1.82) is 5.26 Å². The van der Waals surface area contributed by atoms with Gasteiger partial charge in [0.2, 0.25) is 0 Å². The molecule has 5 rings (SSSR count). The molecule has 1 unspecified atom stereocenters. The van der Waals surface area contributed by atoms with E-state index in [1.807, 2.05) is 4.68 Å². The molecule has 6 heteroatoms. The molecule has 0 aliphatic carbocycles. The van der Waals surface area contributed by atoms with Gasteiger partial charge in [-0.3, -0.25) is 0 Å². The monoisotopic (exact) mass is 439 g/mol. The number of hydrogen-bond donors (Lipinski definition) is 0. The van der Waals surface area contributed by atoms with E-state index in [4.69, 9.17) is 15.4 Å². The molecule has 0 fully saturated rings. The van der Waals surface area contributed by atoms with Crippen LogP contribution in [0.1, 0.15) is 31.5 Å². The van der Waals surface area contributed by atoms with Crippen LogP contribution in [0.3, 0.4) is 0 Å². The van der Waals surface area contributed by atoms with Crippen LogP contribution in [-0.4, -0.2) is 23.0 Å². The summed E-state index contributed by atoms with van der Waals surface area (Å²) >= 11 is 0. The molecule has 2 aliphatic heterocycles. The molecule has 0 spiro atoms. The van der Waals surface area contributed by atoms with Crippen molar-refractivity contribution < 1.29 is 0 Å². The van der Waals surface area contributed by atoms with Gasteiger partial charge in [0.1, 0.15) is 0 Å². The van der Waals surface area contributed by atoms with E-state index in [0.717, 1.165) is 11.5 Å². The molecule has 0 bridgehead atoms. The molecule has 0 N–H and O–H groups in total. The van der Waals surface area contributed by atoms with Crippen molar-refractivity contribution in [3.05, 3.63) is 76.9 Å². The number of rotatable bonds is 3. The lowest BCUT2D eigenvalue weighted by Crippen LogP contribution is -2.28. The third-order valence-electron chi connectivity index (χ3n) is 6.40. The summed E-state index contributed by atoms with van der Waals surface area (Å²) in [6, 6.07) is 21.6. The van der Waals surface area contributed by atoms with E-state index in [1.165, 1.54) is 32.9 Å². The maximum atomic E-state index is 9.09. The molecule has 160 valence electrons. The van der Waals surface area contributed by atoms with Crippen molar-refractivity contribution in [3.63, 3.8) is 0 Å². The van der Waals surface area contributed by atoms with Crippen molar-refractivity contribution in [3.8, 4) is 6.07 Å². The number of nitriles is 1. The first-order chi connectivity index (χ1) is 15.4. The van der Waals surface area contributed by atoms with Gasteiger partial charge in [-0.05, 0) is 31.8 Å². The molecule has 1 aromatic heterocycles. The van der Waals surface area contributed by atoms with Crippen molar-refractivity contribution in [2.45, 2.75) is 39.2 Å². The van der Waals surface area contributed by atoms with Gasteiger partial charge in [-0.15, -0.1) is 0 Å². The van der Waals surface area contributed by atoms with Crippen LogP contribution in [-0.2, 0) is 12.0 Å². The predicted molar refractivity (Wildman–Crippen MR) is 133 cm³/mol. The van der Waals surface area contributed by atoms with Crippen molar-refractivity contribution >= 4 is 36.3 Å². The van der Waals surface area contributed by atoms with Gasteiger partial charge in [0, 0.05) is 35.4 Å². The van der Waals surface area contributed by atoms with Gasteiger partial charge >= 0.3 is 0 Å². The predicted octanol–water partition coefficient (Wildman–Crippen LogP) is 4.89. The molecule has 3 aromatic rings. The number of likely N-dealkylation sites (N-methyl/N-ethyl adjacent to an activating group) is 1. The highest BCUT2D eigenvalue weighted by molar-refractivity contribution is 7.78. The average Bonchev–Trinajstić information content (AvgIpc) is 3.23. The Morgan fingerprint density at radius 2 is 1.78 bits per heavy atom. The molecule has 0 saturated heterocycles. The zero-order valence-corrected chi connectivity index (χ0v) is 19.8. The van der Waals surface area contributed by atoms with Crippen LogP contribution in [0.2, 0.25) is 0 Å². The summed E-state index contributed by atoms with van der Waals surface area (Å²) in [5, 5.41) is 17.6. The zero-order valence-electron chi connectivity index (χ0n) is 18.9. The molecular weight excluding hydrogens is 413 g/mol. The standard InChI is InChI=1S/C26H26N5P/c1-18-23-25(31(29-18)16-10-15-27)28-17-22(32(23)19-11-6-5-7-12-19)24-26(2,3)20-13-8-9-14-21(20)30(24)4/h5-9,11-14,17H,10,16H2,1-4H3/b24-22+. The number of fused-ring (bicyclic) bond motifs is 2. The largest absolute Gasteiger partial charge is 0.346 e. The summed E-state index contributed by atoms with van der Waals surface area (Å²) < 4.78 is 1.91. The number of aromatic nitrogens is 2. The lowest BCUT2D eigenvalue weighted by molar-refractivity contribution is 0.626. The van der Waals surface area contributed by atoms with Gasteiger partial charge < -0.3 is 4.90 Å². The molecule has 0 radical (unpaired) electrons. The maximum Gasteiger partial charge on any atom is 0.159 e. The van der Waals surface area contributed by atoms with Gasteiger partial charge in [0.25, 0.3) is 0 Å². The molecule has 2 aromatic carbocycles. The molecule has 5 nitrogen and oxygen atoms in total. The normalized spacial score (nSPS) is 20.7. The quantitative estimate of drug-likeness (QED) is 0.546.